The van der Waals surface area contributed by atoms with Crippen molar-refractivity contribution in [2.45, 2.75) is 70.6 Å². The molecule has 158 valence electrons. The van der Waals surface area contributed by atoms with Crippen molar-refractivity contribution in [1.82, 2.24) is 10.6 Å². The van der Waals surface area contributed by atoms with Gasteiger partial charge >= 0.3 is 0 Å². The van der Waals surface area contributed by atoms with Crippen molar-refractivity contribution < 1.29 is 28.6 Å². The first-order chi connectivity index (χ1) is 13.2. The highest BCUT2D eigenvalue weighted by Crippen LogP contribution is 2.15. The van der Waals surface area contributed by atoms with E-state index in [0.29, 0.717) is 12.0 Å². The van der Waals surface area contributed by atoms with Crippen LogP contribution in [0.3, 0.4) is 0 Å². The Morgan fingerprint density at radius 1 is 1.14 bits per heavy atom. The number of carbonyl (C=O) groups is 2. The van der Waals surface area contributed by atoms with Gasteiger partial charge in [-0.25, -0.2) is 8.78 Å². The van der Waals surface area contributed by atoms with Crippen molar-refractivity contribution in [2.75, 3.05) is 6.61 Å². The van der Waals surface area contributed by atoms with Crippen molar-refractivity contribution in [3.05, 3.63) is 35.4 Å². The summed E-state index contributed by atoms with van der Waals surface area (Å²) in [6.07, 6.45) is 1.22. The number of rotatable bonds is 12. The molecular formula is C20H30F2N2O4. The minimum Gasteiger partial charge on any atom is -0.396 e. The summed E-state index contributed by atoms with van der Waals surface area (Å²) < 4.78 is 26.9. The smallest absolute Gasteiger partial charge is 0.220 e. The van der Waals surface area contributed by atoms with Crippen LogP contribution in [0.4, 0.5) is 8.78 Å². The predicted molar refractivity (Wildman–Crippen MR) is 101 cm³/mol. The quantitative estimate of drug-likeness (QED) is 0.430. The Bertz CT molecular complexity index is 622. The molecule has 0 radical (unpaired) electrons. The molecule has 0 bridgehead atoms. The van der Waals surface area contributed by atoms with Crippen molar-refractivity contribution >= 4 is 11.8 Å². The van der Waals surface area contributed by atoms with Crippen LogP contribution in [0.2, 0.25) is 0 Å². The van der Waals surface area contributed by atoms with Gasteiger partial charge in [-0.3, -0.25) is 9.59 Å². The van der Waals surface area contributed by atoms with E-state index >= 15 is 0 Å². The fraction of sp³-hybridized carbons (Fsp3) is 0.600. The molecule has 0 heterocycles. The summed E-state index contributed by atoms with van der Waals surface area (Å²) in [4.78, 5) is 23.5. The zero-order valence-electron chi connectivity index (χ0n) is 16.4. The summed E-state index contributed by atoms with van der Waals surface area (Å²) >= 11 is 0. The van der Waals surface area contributed by atoms with Gasteiger partial charge in [0.1, 0.15) is 11.6 Å². The maximum atomic E-state index is 13.4. The lowest BCUT2D eigenvalue weighted by Gasteiger charge is -2.28. The topological polar surface area (TPSA) is 98.7 Å². The van der Waals surface area contributed by atoms with Crippen molar-refractivity contribution in [3.63, 3.8) is 0 Å². The van der Waals surface area contributed by atoms with Crippen LogP contribution in [0.15, 0.2) is 18.2 Å². The number of halogens is 2. The van der Waals surface area contributed by atoms with E-state index in [2.05, 4.69) is 10.6 Å². The Kier molecular flexibility index (Phi) is 10.6. The molecule has 3 atom stereocenters. The van der Waals surface area contributed by atoms with Crippen molar-refractivity contribution in [3.8, 4) is 0 Å². The summed E-state index contributed by atoms with van der Waals surface area (Å²) in [6.45, 7) is 3.07. The molecule has 2 amide bonds. The second-order valence-corrected chi connectivity index (χ2v) is 6.97. The standard InChI is InChI=1S/C20H30F2N2O4/c1-3-4-5-20(28)24-17(6-7-25)12-19(27)18(23-13(2)26)10-14-8-15(21)11-16(22)9-14/h8-9,11,17-19,25,27H,3-7,10,12H2,1-2H3,(H,23,26)(H,24,28)/t17?,18-,19-/m0/s1. The summed E-state index contributed by atoms with van der Waals surface area (Å²) in [5, 5.41) is 25.2. The van der Waals surface area contributed by atoms with Gasteiger partial charge in [0.25, 0.3) is 0 Å². The molecule has 8 heteroatoms. The molecule has 0 aliphatic heterocycles. The lowest BCUT2D eigenvalue weighted by Crippen LogP contribution is -2.47. The van der Waals surface area contributed by atoms with Gasteiger partial charge in [-0.15, -0.1) is 0 Å². The summed E-state index contributed by atoms with van der Waals surface area (Å²) in [5.74, 6) is -2.05. The molecule has 0 spiro atoms. The zero-order chi connectivity index (χ0) is 21.1. The number of aliphatic hydroxyl groups is 2. The molecule has 0 saturated heterocycles. The van der Waals surface area contributed by atoms with Gasteiger partial charge in [0.05, 0.1) is 12.1 Å². The second kappa shape index (κ2) is 12.4. The first-order valence-electron chi connectivity index (χ1n) is 9.55. The second-order valence-electron chi connectivity index (χ2n) is 6.97. The maximum Gasteiger partial charge on any atom is 0.220 e. The van der Waals surface area contributed by atoms with Gasteiger partial charge < -0.3 is 20.8 Å². The van der Waals surface area contributed by atoms with Gasteiger partial charge in [0, 0.05) is 32.1 Å². The molecule has 1 aromatic rings. The molecule has 0 saturated carbocycles. The van der Waals surface area contributed by atoms with Gasteiger partial charge in [0.2, 0.25) is 11.8 Å². The van der Waals surface area contributed by atoms with Crippen molar-refractivity contribution in [1.29, 1.82) is 0 Å². The molecule has 0 aliphatic carbocycles. The number of amides is 2. The number of unbranched alkanes of at least 4 members (excludes halogenated alkanes) is 1. The average molecular weight is 400 g/mol. The van der Waals surface area contributed by atoms with Crippen LogP contribution in [0, 0.1) is 11.6 Å². The molecule has 6 nitrogen and oxygen atoms in total. The van der Waals surface area contributed by atoms with Crippen LogP contribution in [0.25, 0.3) is 0 Å². The van der Waals surface area contributed by atoms with Gasteiger partial charge in [0.15, 0.2) is 0 Å². The first kappa shape index (κ1) is 24.0. The summed E-state index contributed by atoms with van der Waals surface area (Å²) in [5.41, 5.74) is 0.293. The molecule has 1 rings (SSSR count). The number of carbonyl (C=O) groups excluding carboxylic acids is 2. The normalized spacial score (nSPS) is 14.2. The number of hydrogen-bond acceptors (Lipinski definition) is 4. The molecule has 0 fully saturated rings. The number of benzene rings is 1. The minimum atomic E-state index is -1.08. The molecule has 28 heavy (non-hydrogen) atoms. The molecule has 0 aromatic heterocycles. The SMILES string of the molecule is CCCCC(=O)NC(CCO)C[C@H](O)[C@H](Cc1cc(F)cc(F)c1)NC(C)=O. The summed E-state index contributed by atoms with van der Waals surface area (Å²) in [7, 11) is 0. The predicted octanol–water partition coefficient (Wildman–Crippen LogP) is 1.82. The van der Waals surface area contributed by atoms with Crippen molar-refractivity contribution in [2.24, 2.45) is 0 Å². The molecule has 1 unspecified atom stereocenters. The van der Waals surface area contributed by atoms with E-state index in [4.69, 9.17) is 0 Å². The van der Waals surface area contributed by atoms with E-state index in [9.17, 15) is 28.6 Å². The third-order valence-corrected chi connectivity index (χ3v) is 4.36. The molecular weight excluding hydrogens is 370 g/mol. The molecule has 0 aliphatic rings. The van der Waals surface area contributed by atoms with E-state index in [1.54, 1.807) is 0 Å². The van der Waals surface area contributed by atoms with E-state index < -0.39 is 35.7 Å². The fourth-order valence-corrected chi connectivity index (χ4v) is 3.02. The Morgan fingerprint density at radius 2 is 1.79 bits per heavy atom. The minimum absolute atomic E-state index is 0.0189. The van der Waals surface area contributed by atoms with E-state index in [-0.39, 0.29) is 31.8 Å². The van der Waals surface area contributed by atoms with Crippen LogP contribution in [-0.4, -0.2) is 46.8 Å². The largest absolute Gasteiger partial charge is 0.396 e. The fourth-order valence-electron chi connectivity index (χ4n) is 3.02. The summed E-state index contributed by atoms with van der Waals surface area (Å²) in [6, 6.07) is 1.75. The van der Waals surface area contributed by atoms with Crippen LogP contribution >= 0.6 is 0 Å². The van der Waals surface area contributed by atoms with Crippen LogP contribution in [-0.2, 0) is 16.0 Å². The van der Waals surface area contributed by atoms with E-state index in [1.807, 2.05) is 6.92 Å². The number of aliphatic hydroxyl groups excluding tert-OH is 2. The number of hydrogen-bond donors (Lipinski definition) is 4. The van der Waals surface area contributed by atoms with E-state index in [1.165, 1.54) is 6.92 Å². The monoisotopic (exact) mass is 400 g/mol. The van der Waals surface area contributed by atoms with Gasteiger partial charge in [-0.1, -0.05) is 13.3 Å². The Labute approximate surface area is 164 Å². The highest BCUT2D eigenvalue weighted by molar-refractivity contribution is 5.76. The average Bonchev–Trinajstić information content (AvgIpc) is 2.58. The highest BCUT2D eigenvalue weighted by Gasteiger charge is 2.25. The Morgan fingerprint density at radius 3 is 2.32 bits per heavy atom. The van der Waals surface area contributed by atoms with Crippen LogP contribution < -0.4 is 10.6 Å². The van der Waals surface area contributed by atoms with Gasteiger partial charge in [-0.2, -0.15) is 0 Å². The molecule has 4 N–H and O–H groups in total. The maximum absolute atomic E-state index is 13.4. The van der Waals surface area contributed by atoms with Crippen LogP contribution in [0.5, 0.6) is 0 Å². The highest BCUT2D eigenvalue weighted by atomic mass is 19.1. The zero-order valence-corrected chi connectivity index (χ0v) is 16.4. The lowest BCUT2D eigenvalue weighted by molar-refractivity contribution is -0.123. The third-order valence-electron chi connectivity index (χ3n) is 4.36. The lowest BCUT2D eigenvalue weighted by atomic mass is 9.95. The third kappa shape index (κ3) is 9.23. The van der Waals surface area contributed by atoms with E-state index in [0.717, 1.165) is 31.0 Å². The first-order valence-corrected chi connectivity index (χ1v) is 9.55. The van der Waals surface area contributed by atoms with Gasteiger partial charge in [-0.05, 0) is 43.4 Å². The van der Waals surface area contributed by atoms with Crippen LogP contribution in [0.1, 0.15) is 51.5 Å². The Balaban J connectivity index is 2.83. The number of nitrogens with one attached hydrogen (secondary N) is 2. The molecule has 1 aromatic carbocycles. The Hall–Kier alpha value is -2.06.